The Kier molecular flexibility index (Phi) is 8.02. The van der Waals surface area contributed by atoms with Crippen molar-refractivity contribution in [3.63, 3.8) is 0 Å². The van der Waals surface area contributed by atoms with Crippen molar-refractivity contribution >= 4 is 22.7 Å². The molecule has 40 heavy (non-hydrogen) atoms. The Hall–Kier alpha value is -3.43. The van der Waals surface area contributed by atoms with Gasteiger partial charge in [-0.15, -0.1) is 0 Å². The van der Waals surface area contributed by atoms with E-state index in [2.05, 4.69) is 37.6 Å². The molecule has 5 heterocycles. The van der Waals surface area contributed by atoms with Crippen molar-refractivity contribution in [2.24, 2.45) is 5.92 Å². The van der Waals surface area contributed by atoms with Gasteiger partial charge in [0, 0.05) is 48.1 Å². The number of likely N-dealkylation sites (tertiary alicyclic amines) is 2. The number of H-pyrrole nitrogens is 1. The lowest BCUT2D eigenvalue weighted by molar-refractivity contribution is -0.139. The molecule has 2 aromatic heterocycles. The van der Waals surface area contributed by atoms with Crippen LogP contribution in [0.5, 0.6) is 5.75 Å². The van der Waals surface area contributed by atoms with Crippen LogP contribution in [-0.4, -0.2) is 83.0 Å². The van der Waals surface area contributed by atoms with Crippen molar-refractivity contribution in [2.75, 3.05) is 33.3 Å². The van der Waals surface area contributed by atoms with Crippen LogP contribution in [0.2, 0.25) is 0 Å². The van der Waals surface area contributed by atoms with Crippen LogP contribution >= 0.6 is 0 Å². The van der Waals surface area contributed by atoms with E-state index in [0.717, 1.165) is 54.8 Å². The molecule has 1 aromatic carbocycles. The number of fused-ring (bicyclic) bond motifs is 1. The smallest absolute Gasteiger partial charge is 0.243 e. The lowest BCUT2D eigenvalue weighted by Crippen LogP contribution is -2.51. The molecule has 3 N–H and O–H groups in total. The van der Waals surface area contributed by atoms with E-state index < -0.39 is 6.04 Å². The van der Waals surface area contributed by atoms with Crippen LogP contribution in [0.25, 0.3) is 10.9 Å². The van der Waals surface area contributed by atoms with Gasteiger partial charge in [0.25, 0.3) is 0 Å². The molecule has 3 aliphatic rings. The van der Waals surface area contributed by atoms with Crippen LogP contribution in [0.3, 0.4) is 0 Å². The van der Waals surface area contributed by atoms with Crippen molar-refractivity contribution in [1.29, 1.82) is 0 Å². The second-order valence-corrected chi connectivity index (χ2v) is 11.6. The summed E-state index contributed by atoms with van der Waals surface area (Å²) in [7, 11) is 1.66. The third-order valence-electron chi connectivity index (χ3n) is 8.90. The molecular weight excluding hydrogens is 504 g/mol. The van der Waals surface area contributed by atoms with E-state index in [1.165, 1.54) is 24.8 Å². The standard InChI is InChI=1S/C31H40N6O3/c1-40-26-7-5-21(6-8-26)13-22-14-29(30(38)34-18-24-15-23-17-32-10-9-27(23)35-24)37(20-22)31(39)28-16-25(19-33-28)36-11-3-2-4-12-36/h5-10,15,17,22,25,28-29,33,35H,2-4,11-14,16,18-20H2,1H3,(H,34,38). The van der Waals surface area contributed by atoms with Crippen LogP contribution < -0.4 is 15.4 Å². The zero-order valence-electron chi connectivity index (χ0n) is 23.3. The van der Waals surface area contributed by atoms with Gasteiger partial charge in [0.15, 0.2) is 0 Å². The Labute approximate surface area is 235 Å². The van der Waals surface area contributed by atoms with Gasteiger partial charge in [-0.3, -0.25) is 19.5 Å². The number of methoxy groups -OCH3 is 1. The number of nitrogens with one attached hydrogen (secondary N) is 3. The number of benzene rings is 1. The van der Waals surface area contributed by atoms with E-state index in [9.17, 15) is 9.59 Å². The van der Waals surface area contributed by atoms with Gasteiger partial charge in [0.05, 0.1) is 19.7 Å². The zero-order valence-corrected chi connectivity index (χ0v) is 23.3. The zero-order chi connectivity index (χ0) is 27.5. The van der Waals surface area contributed by atoms with Gasteiger partial charge in [-0.05, 0) is 80.9 Å². The molecule has 0 aliphatic carbocycles. The van der Waals surface area contributed by atoms with Gasteiger partial charge in [-0.2, -0.15) is 0 Å². The highest BCUT2D eigenvalue weighted by atomic mass is 16.5. The Bertz CT molecular complexity index is 1290. The average molecular weight is 545 g/mol. The number of ether oxygens (including phenoxy) is 1. The van der Waals surface area contributed by atoms with Crippen molar-refractivity contribution < 1.29 is 14.3 Å². The van der Waals surface area contributed by atoms with Gasteiger partial charge in [-0.25, -0.2) is 0 Å². The molecule has 0 radical (unpaired) electrons. The largest absolute Gasteiger partial charge is 0.497 e. The minimum absolute atomic E-state index is 0.0635. The summed E-state index contributed by atoms with van der Waals surface area (Å²) in [5.41, 5.74) is 3.10. The number of aromatic nitrogens is 2. The molecule has 9 nitrogen and oxygen atoms in total. The van der Waals surface area contributed by atoms with Gasteiger partial charge in [-0.1, -0.05) is 18.6 Å². The van der Waals surface area contributed by atoms with E-state index in [1.54, 1.807) is 13.3 Å². The monoisotopic (exact) mass is 544 g/mol. The van der Waals surface area contributed by atoms with Crippen molar-refractivity contribution in [1.82, 2.24) is 30.4 Å². The summed E-state index contributed by atoms with van der Waals surface area (Å²) in [6.07, 6.45) is 9.63. The average Bonchev–Trinajstić information content (AvgIpc) is 3.75. The third kappa shape index (κ3) is 5.86. The fourth-order valence-electron chi connectivity index (χ4n) is 6.75. The highest BCUT2D eigenvalue weighted by Crippen LogP contribution is 2.30. The van der Waals surface area contributed by atoms with E-state index in [0.29, 0.717) is 25.6 Å². The number of rotatable bonds is 8. The molecule has 0 saturated carbocycles. The Morgan fingerprint density at radius 1 is 1.10 bits per heavy atom. The SMILES string of the molecule is COc1ccc(CC2CC(C(=O)NCc3cc4cnccc4[nH]3)N(C(=O)C3CC(N4CCCCC4)CN3)C2)cc1. The summed E-state index contributed by atoms with van der Waals surface area (Å²) in [6.45, 7) is 4.05. The third-order valence-corrected chi connectivity index (χ3v) is 8.90. The first-order valence-electron chi connectivity index (χ1n) is 14.7. The molecule has 0 spiro atoms. The molecule has 4 unspecified atom stereocenters. The molecule has 6 rings (SSSR count). The molecule has 3 saturated heterocycles. The fourth-order valence-corrected chi connectivity index (χ4v) is 6.75. The van der Waals surface area contributed by atoms with E-state index in [1.807, 2.05) is 35.4 Å². The number of hydrogen-bond donors (Lipinski definition) is 3. The van der Waals surface area contributed by atoms with Crippen molar-refractivity contribution in [3.8, 4) is 5.75 Å². The van der Waals surface area contributed by atoms with Gasteiger partial charge < -0.3 is 25.3 Å². The Morgan fingerprint density at radius 2 is 1.93 bits per heavy atom. The molecule has 3 aromatic rings. The summed E-state index contributed by atoms with van der Waals surface area (Å²) in [4.78, 5) is 39.4. The number of pyridine rings is 1. The number of amides is 2. The summed E-state index contributed by atoms with van der Waals surface area (Å²) >= 11 is 0. The van der Waals surface area contributed by atoms with Gasteiger partial charge >= 0.3 is 0 Å². The second kappa shape index (κ2) is 12.0. The molecule has 9 heteroatoms. The Balaban J connectivity index is 1.14. The van der Waals surface area contributed by atoms with E-state index >= 15 is 0 Å². The molecular formula is C31H40N6O3. The number of carbonyl (C=O) groups excluding carboxylic acids is 2. The van der Waals surface area contributed by atoms with E-state index in [-0.39, 0.29) is 23.8 Å². The first-order chi connectivity index (χ1) is 19.6. The van der Waals surface area contributed by atoms with Crippen LogP contribution in [0.4, 0.5) is 0 Å². The normalized spacial score (nSPS) is 25.4. The number of piperidine rings is 1. The predicted molar refractivity (Wildman–Crippen MR) is 154 cm³/mol. The summed E-state index contributed by atoms with van der Waals surface area (Å²) < 4.78 is 5.31. The van der Waals surface area contributed by atoms with Gasteiger partial charge in [0.1, 0.15) is 11.8 Å². The minimum Gasteiger partial charge on any atom is -0.497 e. The van der Waals surface area contributed by atoms with Crippen LogP contribution in [-0.2, 0) is 22.6 Å². The summed E-state index contributed by atoms with van der Waals surface area (Å²) in [5, 5.41) is 7.62. The molecule has 212 valence electrons. The van der Waals surface area contributed by atoms with E-state index in [4.69, 9.17) is 4.74 Å². The summed E-state index contributed by atoms with van der Waals surface area (Å²) in [6, 6.07) is 11.7. The van der Waals surface area contributed by atoms with Crippen LogP contribution in [0, 0.1) is 5.92 Å². The molecule has 3 fully saturated rings. The topological polar surface area (TPSA) is 103 Å². The number of aromatic amines is 1. The summed E-state index contributed by atoms with van der Waals surface area (Å²) in [5.74, 6) is 1.01. The number of hydrogen-bond acceptors (Lipinski definition) is 6. The Morgan fingerprint density at radius 3 is 2.70 bits per heavy atom. The van der Waals surface area contributed by atoms with Crippen LogP contribution in [0.1, 0.15) is 43.4 Å². The predicted octanol–water partition coefficient (Wildman–Crippen LogP) is 2.86. The van der Waals surface area contributed by atoms with Crippen LogP contribution in [0.15, 0.2) is 48.8 Å². The lowest BCUT2D eigenvalue weighted by Gasteiger charge is -2.32. The number of nitrogens with zero attached hydrogens (tertiary/aromatic N) is 3. The van der Waals surface area contributed by atoms with Crippen molar-refractivity contribution in [2.45, 2.75) is 63.2 Å². The highest BCUT2D eigenvalue weighted by Gasteiger charge is 2.43. The quantitative estimate of drug-likeness (QED) is 0.403. The lowest BCUT2D eigenvalue weighted by atomic mass is 9.96. The molecule has 4 atom stereocenters. The molecule has 3 aliphatic heterocycles. The number of carbonyl (C=O) groups is 2. The maximum Gasteiger partial charge on any atom is 0.243 e. The maximum atomic E-state index is 13.9. The second-order valence-electron chi connectivity index (χ2n) is 11.6. The molecule has 0 bridgehead atoms. The highest BCUT2D eigenvalue weighted by molar-refractivity contribution is 5.90. The fraction of sp³-hybridized carbons (Fsp3) is 0.516. The maximum absolute atomic E-state index is 13.9. The first kappa shape index (κ1) is 26.8. The van der Waals surface area contributed by atoms with Gasteiger partial charge in [0.2, 0.25) is 11.8 Å². The van der Waals surface area contributed by atoms with Crippen molar-refractivity contribution in [3.05, 3.63) is 60.0 Å². The molecule has 2 amide bonds. The first-order valence-corrected chi connectivity index (χ1v) is 14.7. The minimum atomic E-state index is -0.474.